The van der Waals surface area contributed by atoms with E-state index in [-0.39, 0.29) is 24.2 Å². The van der Waals surface area contributed by atoms with Crippen molar-refractivity contribution < 1.29 is 22.7 Å². The third-order valence-electron chi connectivity index (χ3n) is 2.74. The first-order valence-corrected chi connectivity index (χ1v) is 5.79. The number of halogens is 4. The van der Waals surface area contributed by atoms with E-state index in [1.807, 2.05) is 0 Å². The van der Waals surface area contributed by atoms with Crippen LogP contribution in [0.5, 0.6) is 5.75 Å². The summed E-state index contributed by atoms with van der Waals surface area (Å²) >= 11 is 0. The minimum Gasteiger partial charge on any atom is -0.503 e. The van der Waals surface area contributed by atoms with Gasteiger partial charge in [-0.25, -0.2) is 17.6 Å². The molecule has 0 amide bonds. The lowest BCUT2D eigenvalue weighted by molar-refractivity contribution is 0.395. The van der Waals surface area contributed by atoms with Crippen molar-refractivity contribution in [2.24, 2.45) is 0 Å². The van der Waals surface area contributed by atoms with E-state index in [9.17, 15) is 17.6 Å². The topological polar surface area (TPSA) is 32.3 Å². The van der Waals surface area contributed by atoms with Crippen LogP contribution in [0.3, 0.4) is 0 Å². The van der Waals surface area contributed by atoms with Gasteiger partial charge < -0.3 is 10.4 Å². The first-order chi connectivity index (χ1) is 9.47. The fourth-order valence-corrected chi connectivity index (χ4v) is 1.73. The number of aromatic hydroxyl groups is 1. The smallest absolute Gasteiger partial charge is 0.187 e. The van der Waals surface area contributed by atoms with Crippen molar-refractivity contribution in [2.75, 3.05) is 0 Å². The largest absolute Gasteiger partial charge is 0.503 e. The number of benzene rings is 2. The number of phenols is 1. The Morgan fingerprint density at radius 2 is 1.50 bits per heavy atom. The second-order valence-electron chi connectivity index (χ2n) is 4.25. The van der Waals surface area contributed by atoms with Crippen LogP contribution >= 0.6 is 0 Å². The van der Waals surface area contributed by atoms with Crippen molar-refractivity contribution in [3.05, 3.63) is 64.7 Å². The zero-order chi connectivity index (χ0) is 14.7. The van der Waals surface area contributed by atoms with Gasteiger partial charge in [0.25, 0.3) is 0 Å². The van der Waals surface area contributed by atoms with Gasteiger partial charge in [-0.05, 0) is 23.8 Å². The molecule has 0 aliphatic rings. The summed E-state index contributed by atoms with van der Waals surface area (Å²) in [6.45, 7) is 0.154. The van der Waals surface area contributed by atoms with E-state index in [4.69, 9.17) is 5.11 Å². The summed E-state index contributed by atoms with van der Waals surface area (Å²) in [4.78, 5) is 0. The highest BCUT2D eigenvalue weighted by atomic mass is 19.1. The van der Waals surface area contributed by atoms with Crippen molar-refractivity contribution in [3.8, 4) is 5.75 Å². The molecule has 0 unspecified atom stereocenters. The number of phenolic OH excluding ortho intramolecular Hbond substituents is 1. The standard InChI is InChI=1S/C14H11F4NO/c15-10-2-1-9(11(16)5-10)7-19-6-8-3-12(17)14(20)13(18)4-8/h1-5,19-20H,6-7H2. The van der Waals surface area contributed by atoms with Gasteiger partial charge >= 0.3 is 0 Å². The van der Waals surface area contributed by atoms with Crippen LogP contribution in [-0.4, -0.2) is 5.11 Å². The normalized spacial score (nSPS) is 10.8. The first kappa shape index (κ1) is 14.3. The van der Waals surface area contributed by atoms with E-state index in [1.165, 1.54) is 6.07 Å². The first-order valence-electron chi connectivity index (χ1n) is 5.79. The lowest BCUT2D eigenvalue weighted by Crippen LogP contribution is -2.14. The fraction of sp³-hybridized carbons (Fsp3) is 0.143. The molecule has 0 bridgehead atoms. The Hall–Kier alpha value is -2.08. The predicted molar refractivity (Wildman–Crippen MR) is 64.9 cm³/mol. The molecule has 20 heavy (non-hydrogen) atoms. The van der Waals surface area contributed by atoms with E-state index in [0.29, 0.717) is 0 Å². The predicted octanol–water partition coefficient (Wildman–Crippen LogP) is 3.24. The Labute approximate surface area is 112 Å². The lowest BCUT2D eigenvalue weighted by atomic mass is 10.1. The van der Waals surface area contributed by atoms with E-state index >= 15 is 0 Å². The van der Waals surface area contributed by atoms with Gasteiger partial charge in [-0.2, -0.15) is 0 Å². The van der Waals surface area contributed by atoms with Crippen LogP contribution in [0.15, 0.2) is 30.3 Å². The average molecular weight is 285 g/mol. The molecule has 2 aromatic carbocycles. The highest BCUT2D eigenvalue weighted by molar-refractivity contribution is 5.30. The molecule has 106 valence electrons. The minimum atomic E-state index is -1.06. The SMILES string of the molecule is Oc1c(F)cc(CNCc2ccc(F)cc2F)cc1F. The van der Waals surface area contributed by atoms with Crippen LogP contribution in [0.1, 0.15) is 11.1 Å². The van der Waals surface area contributed by atoms with Gasteiger partial charge in [0.1, 0.15) is 11.6 Å². The van der Waals surface area contributed by atoms with Crippen LogP contribution in [0.4, 0.5) is 17.6 Å². The molecule has 0 aliphatic carbocycles. The van der Waals surface area contributed by atoms with Gasteiger partial charge in [0.05, 0.1) is 0 Å². The van der Waals surface area contributed by atoms with Gasteiger partial charge in [-0.15, -0.1) is 0 Å². The highest BCUT2D eigenvalue weighted by Gasteiger charge is 2.09. The van der Waals surface area contributed by atoms with Crippen molar-refractivity contribution in [1.82, 2.24) is 5.32 Å². The van der Waals surface area contributed by atoms with Crippen LogP contribution < -0.4 is 5.32 Å². The number of rotatable bonds is 4. The molecule has 0 radical (unpaired) electrons. The quantitative estimate of drug-likeness (QED) is 0.845. The summed E-state index contributed by atoms with van der Waals surface area (Å²) in [6.07, 6.45) is 0. The van der Waals surface area contributed by atoms with E-state index in [1.54, 1.807) is 0 Å². The maximum Gasteiger partial charge on any atom is 0.187 e. The van der Waals surface area contributed by atoms with E-state index in [2.05, 4.69) is 5.32 Å². The van der Waals surface area contributed by atoms with Crippen LogP contribution in [0.25, 0.3) is 0 Å². The second-order valence-corrected chi connectivity index (χ2v) is 4.25. The molecule has 0 saturated carbocycles. The molecule has 0 aromatic heterocycles. The van der Waals surface area contributed by atoms with Gasteiger partial charge in [0.2, 0.25) is 0 Å². The maximum absolute atomic E-state index is 13.3. The minimum absolute atomic E-state index is 0.0743. The summed E-state index contributed by atoms with van der Waals surface area (Å²) in [5, 5.41) is 11.7. The molecule has 0 aliphatic heterocycles. The van der Waals surface area contributed by atoms with Gasteiger partial charge in [-0.3, -0.25) is 0 Å². The van der Waals surface area contributed by atoms with Crippen molar-refractivity contribution in [2.45, 2.75) is 13.1 Å². The average Bonchev–Trinajstić information content (AvgIpc) is 2.38. The maximum atomic E-state index is 13.3. The zero-order valence-electron chi connectivity index (χ0n) is 10.3. The Morgan fingerprint density at radius 3 is 2.10 bits per heavy atom. The third-order valence-corrected chi connectivity index (χ3v) is 2.74. The highest BCUT2D eigenvalue weighted by Crippen LogP contribution is 2.21. The molecule has 2 N–H and O–H groups in total. The van der Waals surface area contributed by atoms with Gasteiger partial charge in [-0.1, -0.05) is 6.07 Å². The molecule has 0 fully saturated rings. The zero-order valence-corrected chi connectivity index (χ0v) is 10.3. The molecular weight excluding hydrogens is 274 g/mol. The third kappa shape index (κ3) is 3.27. The molecule has 2 nitrogen and oxygen atoms in total. The number of hydrogen-bond acceptors (Lipinski definition) is 2. The molecule has 2 rings (SSSR count). The van der Waals surface area contributed by atoms with E-state index < -0.39 is 29.0 Å². The Kier molecular flexibility index (Phi) is 4.24. The Bertz CT molecular complexity index is 608. The molecule has 0 saturated heterocycles. The van der Waals surface area contributed by atoms with Crippen LogP contribution in [0.2, 0.25) is 0 Å². The lowest BCUT2D eigenvalue weighted by Gasteiger charge is -2.07. The number of nitrogens with one attached hydrogen (secondary N) is 1. The molecule has 6 heteroatoms. The fourth-order valence-electron chi connectivity index (χ4n) is 1.73. The van der Waals surface area contributed by atoms with Crippen molar-refractivity contribution in [3.63, 3.8) is 0 Å². The summed E-state index contributed by atoms with van der Waals surface area (Å²) in [7, 11) is 0. The molecule has 0 heterocycles. The summed E-state index contributed by atoms with van der Waals surface area (Å²) < 4.78 is 52.2. The van der Waals surface area contributed by atoms with Crippen LogP contribution in [0, 0.1) is 23.3 Å². The van der Waals surface area contributed by atoms with Crippen molar-refractivity contribution >= 4 is 0 Å². The monoisotopic (exact) mass is 285 g/mol. The summed E-state index contributed by atoms with van der Waals surface area (Å²) in [6, 6.07) is 5.13. The summed E-state index contributed by atoms with van der Waals surface area (Å²) in [5.41, 5.74) is 0.506. The van der Waals surface area contributed by atoms with Crippen LogP contribution in [-0.2, 0) is 13.1 Å². The summed E-state index contributed by atoms with van der Waals surface area (Å²) in [5.74, 6) is -4.52. The molecule has 0 atom stereocenters. The van der Waals surface area contributed by atoms with Gasteiger partial charge in [0, 0.05) is 24.7 Å². The molecule has 2 aromatic rings. The Morgan fingerprint density at radius 1 is 0.850 bits per heavy atom. The molecular formula is C14H11F4NO. The van der Waals surface area contributed by atoms with Gasteiger partial charge in [0.15, 0.2) is 17.4 Å². The molecule has 0 spiro atoms. The number of hydrogen-bond donors (Lipinski definition) is 2. The van der Waals surface area contributed by atoms with E-state index in [0.717, 1.165) is 24.3 Å². The van der Waals surface area contributed by atoms with Crippen molar-refractivity contribution in [1.29, 1.82) is 0 Å². The Balaban J connectivity index is 1.99. The second kappa shape index (κ2) is 5.92.